The van der Waals surface area contributed by atoms with Gasteiger partial charge in [-0.05, 0) is 19.1 Å². The van der Waals surface area contributed by atoms with Gasteiger partial charge in [0.2, 0.25) is 0 Å². The molecule has 1 heterocycles. The quantitative estimate of drug-likeness (QED) is 0.846. The van der Waals surface area contributed by atoms with Gasteiger partial charge in [-0.15, -0.1) is 0 Å². The van der Waals surface area contributed by atoms with Gasteiger partial charge in [-0.3, -0.25) is 9.89 Å². The molecule has 17 heavy (non-hydrogen) atoms. The Morgan fingerprint density at radius 3 is 3.12 bits per heavy atom. The summed E-state index contributed by atoms with van der Waals surface area (Å²) in [6.45, 7) is 2.51. The first-order valence-corrected chi connectivity index (χ1v) is 5.32. The molecule has 2 aromatic rings. The second kappa shape index (κ2) is 5.16. The highest BCUT2D eigenvalue weighted by atomic mass is 16.5. The van der Waals surface area contributed by atoms with Crippen molar-refractivity contribution in [2.24, 2.45) is 0 Å². The van der Waals surface area contributed by atoms with Crippen LogP contribution in [-0.4, -0.2) is 22.7 Å². The molecule has 0 atom stereocenters. The fraction of sp³-hybridized carbons (Fsp3) is 0.167. The summed E-state index contributed by atoms with van der Waals surface area (Å²) in [5, 5.41) is 9.08. The smallest absolute Gasteiger partial charge is 0.258 e. The number of amides is 1. The Bertz CT molecular complexity index is 494. The van der Waals surface area contributed by atoms with Gasteiger partial charge in [0, 0.05) is 18.0 Å². The first-order valence-electron chi connectivity index (χ1n) is 5.32. The molecule has 5 heteroatoms. The number of hydrogen-bond acceptors (Lipinski definition) is 3. The summed E-state index contributed by atoms with van der Waals surface area (Å²) in [5.74, 6) is 0.532. The Morgan fingerprint density at radius 1 is 1.53 bits per heavy atom. The zero-order valence-corrected chi connectivity index (χ0v) is 9.43. The zero-order chi connectivity index (χ0) is 12.1. The van der Waals surface area contributed by atoms with Gasteiger partial charge >= 0.3 is 0 Å². The van der Waals surface area contributed by atoms with Crippen molar-refractivity contribution in [1.29, 1.82) is 0 Å². The molecule has 0 radical (unpaired) electrons. The first kappa shape index (κ1) is 11.2. The van der Waals surface area contributed by atoms with Crippen LogP contribution in [0.2, 0.25) is 0 Å². The first-order chi connectivity index (χ1) is 8.29. The molecule has 0 unspecified atom stereocenters. The van der Waals surface area contributed by atoms with E-state index < -0.39 is 0 Å². The lowest BCUT2D eigenvalue weighted by molar-refractivity contribution is 0.102. The van der Waals surface area contributed by atoms with Crippen molar-refractivity contribution in [2.45, 2.75) is 6.92 Å². The SMILES string of the molecule is CCOc1cccc(NC(=O)c2cn[nH]c2)c1. The van der Waals surface area contributed by atoms with Gasteiger partial charge in [0.1, 0.15) is 5.75 Å². The van der Waals surface area contributed by atoms with Gasteiger partial charge < -0.3 is 10.1 Å². The highest BCUT2D eigenvalue weighted by Gasteiger charge is 2.07. The Hall–Kier alpha value is -2.30. The Balaban J connectivity index is 2.08. The number of carbonyl (C=O) groups is 1. The van der Waals surface area contributed by atoms with Crippen molar-refractivity contribution < 1.29 is 9.53 Å². The minimum atomic E-state index is -0.201. The maximum Gasteiger partial charge on any atom is 0.258 e. The third kappa shape index (κ3) is 2.84. The van der Waals surface area contributed by atoms with Crippen molar-refractivity contribution >= 4 is 11.6 Å². The molecule has 88 valence electrons. The third-order valence-electron chi connectivity index (χ3n) is 2.16. The van der Waals surface area contributed by atoms with Crippen molar-refractivity contribution in [3.8, 4) is 5.75 Å². The minimum Gasteiger partial charge on any atom is -0.494 e. The summed E-state index contributed by atoms with van der Waals surface area (Å²) in [4.78, 5) is 11.7. The minimum absolute atomic E-state index is 0.201. The normalized spacial score (nSPS) is 9.94. The van der Waals surface area contributed by atoms with Crippen molar-refractivity contribution in [2.75, 3.05) is 11.9 Å². The molecular weight excluding hydrogens is 218 g/mol. The molecule has 0 fully saturated rings. The van der Waals surface area contributed by atoms with Gasteiger partial charge in [-0.1, -0.05) is 6.07 Å². The number of H-pyrrole nitrogens is 1. The lowest BCUT2D eigenvalue weighted by Crippen LogP contribution is -2.10. The van der Waals surface area contributed by atoms with E-state index in [4.69, 9.17) is 4.74 Å². The van der Waals surface area contributed by atoms with Crippen LogP contribution in [0.1, 0.15) is 17.3 Å². The molecular formula is C12H13N3O2. The predicted molar refractivity (Wildman–Crippen MR) is 64.2 cm³/mol. The van der Waals surface area contributed by atoms with E-state index >= 15 is 0 Å². The van der Waals surface area contributed by atoms with Crippen LogP contribution in [0.5, 0.6) is 5.75 Å². The summed E-state index contributed by atoms with van der Waals surface area (Å²) < 4.78 is 5.35. The average molecular weight is 231 g/mol. The largest absolute Gasteiger partial charge is 0.494 e. The lowest BCUT2D eigenvalue weighted by atomic mass is 10.2. The molecule has 1 aromatic carbocycles. The number of benzene rings is 1. The summed E-state index contributed by atoms with van der Waals surface area (Å²) in [7, 11) is 0. The molecule has 0 saturated heterocycles. The van der Waals surface area contributed by atoms with Gasteiger partial charge in [-0.25, -0.2) is 0 Å². The molecule has 1 amide bonds. The number of aromatic nitrogens is 2. The number of hydrogen-bond donors (Lipinski definition) is 2. The topological polar surface area (TPSA) is 67.0 Å². The van der Waals surface area contributed by atoms with Crippen molar-refractivity contribution in [3.63, 3.8) is 0 Å². The summed E-state index contributed by atoms with van der Waals surface area (Å²) >= 11 is 0. The molecule has 0 aliphatic rings. The Kier molecular flexibility index (Phi) is 3.40. The van der Waals surface area contributed by atoms with Crippen LogP contribution in [0.4, 0.5) is 5.69 Å². The number of carbonyl (C=O) groups excluding carboxylic acids is 1. The van der Waals surface area contributed by atoms with E-state index in [0.29, 0.717) is 17.9 Å². The Morgan fingerprint density at radius 2 is 2.41 bits per heavy atom. The molecule has 0 spiro atoms. The van der Waals surface area contributed by atoms with E-state index in [1.807, 2.05) is 19.1 Å². The second-order valence-electron chi connectivity index (χ2n) is 3.40. The van der Waals surface area contributed by atoms with Crippen LogP contribution in [-0.2, 0) is 0 Å². The number of anilines is 1. The summed E-state index contributed by atoms with van der Waals surface area (Å²) in [6, 6.07) is 7.26. The highest BCUT2D eigenvalue weighted by molar-refractivity contribution is 6.03. The predicted octanol–water partition coefficient (Wildman–Crippen LogP) is 2.06. The van der Waals surface area contributed by atoms with E-state index in [1.165, 1.54) is 6.20 Å². The average Bonchev–Trinajstić information content (AvgIpc) is 2.83. The van der Waals surface area contributed by atoms with Crippen LogP contribution in [0, 0.1) is 0 Å². The molecule has 0 aliphatic heterocycles. The second-order valence-corrected chi connectivity index (χ2v) is 3.40. The molecule has 2 N–H and O–H groups in total. The maximum atomic E-state index is 11.7. The van der Waals surface area contributed by atoms with E-state index in [0.717, 1.165) is 5.75 Å². The van der Waals surface area contributed by atoms with E-state index in [-0.39, 0.29) is 5.91 Å². The van der Waals surface area contributed by atoms with Gasteiger partial charge in [0.15, 0.2) is 0 Å². The number of ether oxygens (including phenoxy) is 1. The van der Waals surface area contributed by atoms with E-state index in [9.17, 15) is 4.79 Å². The molecule has 2 rings (SSSR count). The van der Waals surface area contributed by atoms with E-state index in [1.54, 1.807) is 18.3 Å². The fourth-order valence-corrected chi connectivity index (χ4v) is 1.41. The fourth-order valence-electron chi connectivity index (χ4n) is 1.41. The van der Waals surface area contributed by atoms with Gasteiger partial charge in [0.25, 0.3) is 5.91 Å². The van der Waals surface area contributed by atoms with Gasteiger partial charge in [-0.2, -0.15) is 5.10 Å². The zero-order valence-electron chi connectivity index (χ0n) is 9.43. The molecule has 5 nitrogen and oxygen atoms in total. The standard InChI is InChI=1S/C12H13N3O2/c1-2-17-11-5-3-4-10(6-11)15-12(16)9-7-13-14-8-9/h3-8H,2H2,1H3,(H,13,14)(H,15,16). The summed E-state index contributed by atoms with van der Waals surface area (Å²) in [6.07, 6.45) is 3.02. The summed E-state index contributed by atoms with van der Waals surface area (Å²) in [5.41, 5.74) is 1.19. The lowest BCUT2D eigenvalue weighted by Gasteiger charge is -2.06. The molecule has 0 bridgehead atoms. The number of nitrogens with one attached hydrogen (secondary N) is 2. The Labute approximate surface area is 98.8 Å². The highest BCUT2D eigenvalue weighted by Crippen LogP contribution is 2.17. The number of rotatable bonds is 4. The van der Waals surface area contributed by atoms with Crippen molar-refractivity contribution in [1.82, 2.24) is 10.2 Å². The van der Waals surface area contributed by atoms with Crippen LogP contribution in [0.25, 0.3) is 0 Å². The molecule has 0 aliphatic carbocycles. The van der Waals surface area contributed by atoms with Crippen LogP contribution in [0.3, 0.4) is 0 Å². The maximum absolute atomic E-state index is 11.7. The monoisotopic (exact) mass is 231 g/mol. The van der Waals surface area contributed by atoms with Crippen LogP contribution >= 0.6 is 0 Å². The van der Waals surface area contributed by atoms with Crippen LogP contribution in [0.15, 0.2) is 36.7 Å². The number of nitrogens with zero attached hydrogens (tertiary/aromatic N) is 1. The molecule has 0 saturated carbocycles. The van der Waals surface area contributed by atoms with Crippen LogP contribution < -0.4 is 10.1 Å². The van der Waals surface area contributed by atoms with E-state index in [2.05, 4.69) is 15.5 Å². The van der Waals surface area contributed by atoms with Gasteiger partial charge in [0.05, 0.1) is 18.4 Å². The third-order valence-corrected chi connectivity index (χ3v) is 2.16. The number of aromatic amines is 1. The van der Waals surface area contributed by atoms with Crippen molar-refractivity contribution in [3.05, 3.63) is 42.2 Å². The molecule has 1 aromatic heterocycles.